The quantitative estimate of drug-likeness (QED) is 0.458. The first kappa shape index (κ1) is 20.5. The zero-order chi connectivity index (χ0) is 22.6. The van der Waals surface area contributed by atoms with Gasteiger partial charge in [0.05, 0.1) is 34.7 Å². The third-order valence-corrected chi connectivity index (χ3v) is 6.61. The van der Waals surface area contributed by atoms with Crippen LogP contribution in [0.15, 0.2) is 60.7 Å². The average Bonchev–Trinajstić information content (AvgIpc) is 3.24. The molecule has 5 N–H and O–H groups in total. The van der Waals surface area contributed by atoms with Crippen molar-refractivity contribution in [2.75, 3.05) is 0 Å². The van der Waals surface area contributed by atoms with Gasteiger partial charge >= 0.3 is 23.9 Å². The minimum Gasteiger partial charge on any atom is -0.481 e. The molecule has 0 aromatic heterocycles. The third-order valence-electron chi connectivity index (χ3n) is 6.61. The third kappa shape index (κ3) is 2.53. The van der Waals surface area contributed by atoms with Gasteiger partial charge in [0, 0.05) is 0 Å². The minimum atomic E-state index is -1.96. The monoisotopic (exact) mass is 425 g/mol. The fourth-order valence-electron chi connectivity index (χ4n) is 5.73. The Labute approximate surface area is 175 Å². The van der Waals surface area contributed by atoms with Gasteiger partial charge < -0.3 is 20.4 Å². The van der Waals surface area contributed by atoms with E-state index in [9.17, 15) is 39.6 Å². The number of carboxylic acids is 4. The Kier molecular flexibility index (Phi) is 4.58. The predicted octanol–water partition coefficient (Wildman–Crippen LogP) is 1.20. The SMILES string of the molecule is O=C(O)[C@@H]1[C@@H](C(=O)O)C2(c3ccccc3)NC1(c1ccccc1)[C@H](C(=O)O)[C@@H]2C(=O)O. The van der Waals surface area contributed by atoms with Gasteiger partial charge in [-0.1, -0.05) is 60.7 Å². The van der Waals surface area contributed by atoms with E-state index in [4.69, 9.17) is 0 Å². The van der Waals surface area contributed by atoms with Crippen molar-refractivity contribution in [3.63, 3.8) is 0 Å². The topological polar surface area (TPSA) is 161 Å². The second-order valence-electron chi connectivity index (χ2n) is 7.86. The van der Waals surface area contributed by atoms with Gasteiger partial charge in [0.15, 0.2) is 0 Å². The average molecular weight is 425 g/mol. The highest BCUT2D eigenvalue weighted by Crippen LogP contribution is 2.66. The molecule has 2 aromatic carbocycles. The Bertz CT molecular complexity index is 942. The molecule has 2 aliphatic heterocycles. The molecule has 0 saturated carbocycles. The molecule has 2 bridgehead atoms. The lowest BCUT2D eigenvalue weighted by atomic mass is 9.54. The number of rotatable bonds is 6. The molecule has 9 heteroatoms. The number of carboxylic acid groups (broad SMARTS) is 4. The molecule has 0 spiro atoms. The van der Waals surface area contributed by atoms with Gasteiger partial charge in [-0.25, -0.2) is 0 Å². The van der Waals surface area contributed by atoms with Crippen LogP contribution in [0.25, 0.3) is 0 Å². The van der Waals surface area contributed by atoms with Gasteiger partial charge in [-0.05, 0) is 11.1 Å². The predicted molar refractivity (Wildman–Crippen MR) is 104 cm³/mol. The summed E-state index contributed by atoms with van der Waals surface area (Å²) >= 11 is 0. The number of nitrogens with one attached hydrogen (secondary N) is 1. The molecular formula is C22H19NO8. The number of fused-ring (bicyclic) bond motifs is 2. The Morgan fingerprint density at radius 2 is 0.806 bits per heavy atom. The molecule has 160 valence electrons. The van der Waals surface area contributed by atoms with Crippen molar-refractivity contribution in [2.24, 2.45) is 23.7 Å². The lowest BCUT2D eigenvalue weighted by Gasteiger charge is -2.43. The number of carbonyl (C=O) groups is 4. The first-order valence-electron chi connectivity index (χ1n) is 9.51. The molecule has 0 amide bonds. The zero-order valence-corrected chi connectivity index (χ0v) is 16.0. The van der Waals surface area contributed by atoms with Gasteiger partial charge in [0.2, 0.25) is 0 Å². The summed E-state index contributed by atoms with van der Waals surface area (Å²) in [4.78, 5) is 49.8. The summed E-state index contributed by atoms with van der Waals surface area (Å²) in [5, 5.41) is 43.5. The zero-order valence-electron chi connectivity index (χ0n) is 16.0. The molecular weight excluding hydrogens is 406 g/mol. The molecule has 2 unspecified atom stereocenters. The van der Waals surface area contributed by atoms with Crippen molar-refractivity contribution >= 4 is 23.9 Å². The Balaban J connectivity index is 2.16. The van der Waals surface area contributed by atoms with Crippen LogP contribution in [0.5, 0.6) is 0 Å². The maximum atomic E-state index is 12.5. The van der Waals surface area contributed by atoms with E-state index in [1.165, 1.54) is 24.3 Å². The molecule has 2 aliphatic rings. The molecule has 0 aliphatic carbocycles. The number of benzene rings is 2. The van der Waals surface area contributed by atoms with Crippen LogP contribution in [0.1, 0.15) is 11.1 Å². The lowest BCUT2D eigenvalue weighted by Crippen LogP contribution is -2.58. The molecule has 0 radical (unpaired) electrons. The fraction of sp³-hybridized carbons (Fsp3) is 0.273. The normalized spacial score (nSPS) is 33.7. The second kappa shape index (κ2) is 6.92. The van der Waals surface area contributed by atoms with Gasteiger partial charge in [-0.2, -0.15) is 0 Å². The van der Waals surface area contributed by atoms with Crippen molar-refractivity contribution < 1.29 is 39.6 Å². The van der Waals surface area contributed by atoms with Gasteiger partial charge in [0.25, 0.3) is 0 Å². The molecule has 2 fully saturated rings. The molecule has 2 saturated heterocycles. The van der Waals surface area contributed by atoms with E-state index in [-0.39, 0.29) is 11.1 Å². The fourth-order valence-corrected chi connectivity index (χ4v) is 5.73. The van der Waals surface area contributed by atoms with Crippen LogP contribution >= 0.6 is 0 Å². The highest BCUT2D eigenvalue weighted by molar-refractivity contribution is 5.93. The number of hydrogen-bond acceptors (Lipinski definition) is 5. The summed E-state index contributed by atoms with van der Waals surface area (Å²) in [6.45, 7) is 0. The van der Waals surface area contributed by atoms with Crippen LogP contribution < -0.4 is 5.32 Å². The molecule has 9 nitrogen and oxygen atoms in total. The van der Waals surface area contributed by atoms with E-state index in [1.807, 2.05) is 0 Å². The van der Waals surface area contributed by atoms with E-state index in [0.29, 0.717) is 0 Å². The summed E-state index contributed by atoms with van der Waals surface area (Å²) < 4.78 is 0. The Morgan fingerprint density at radius 3 is 1.03 bits per heavy atom. The van der Waals surface area contributed by atoms with E-state index >= 15 is 0 Å². The van der Waals surface area contributed by atoms with Crippen molar-refractivity contribution in [3.05, 3.63) is 71.8 Å². The number of aliphatic carboxylic acids is 4. The van der Waals surface area contributed by atoms with Crippen molar-refractivity contribution in [2.45, 2.75) is 11.1 Å². The smallest absolute Gasteiger partial charge is 0.309 e. The van der Waals surface area contributed by atoms with E-state index in [1.54, 1.807) is 36.4 Å². The Morgan fingerprint density at radius 1 is 0.548 bits per heavy atom. The van der Waals surface area contributed by atoms with Crippen LogP contribution in [0.2, 0.25) is 0 Å². The first-order chi connectivity index (χ1) is 14.7. The van der Waals surface area contributed by atoms with Crippen molar-refractivity contribution in [3.8, 4) is 0 Å². The summed E-state index contributed by atoms with van der Waals surface area (Å²) in [5.41, 5.74) is -3.49. The van der Waals surface area contributed by atoms with E-state index in [0.717, 1.165) is 0 Å². The van der Waals surface area contributed by atoms with Crippen molar-refractivity contribution in [1.82, 2.24) is 5.32 Å². The van der Waals surface area contributed by atoms with E-state index in [2.05, 4.69) is 5.32 Å². The molecule has 2 heterocycles. The summed E-state index contributed by atoms with van der Waals surface area (Å²) in [6, 6.07) is 15.5. The maximum absolute atomic E-state index is 12.5. The van der Waals surface area contributed by atoms with Crippen LogP contribution in [-0.4, -0.2) is 44.3 Å². The van der Waals surface area contributed by atoms with Crippen molar-refractivity contribution in [1.29, 1.82) is 0 Å². The first-order valence-corrected chi connectivity index (χ1v) is 9.51. The highest BCUT2D eigenvalue weighted by atomic mass is 16.4. The van der Waals surface area contributed by atoms with E-state index < -0.39 is 58.6 Å². The molecule has 6 atom stereocenters. The summed E-state index contributed by atoms with van der Waals surface area (Å²) in [5.74, 6) is -13.0. The van der Waals surface area contributed by atoms with Crippen LogP contribution in [0.4, 0.5) is 0 Å². The summed E-state index contributed by atoms with van der Waals surface area (Å²) in [6.07, 6.45) is 0. The molecule has 4 rings (SSSR count). The molecule has 2 aromatic rings. The summed E-state index contributed by atoms with van der Waals surface area (Å²) in [7, 11) is 0. The van der Waals surface area contributed by atoms with Gasteiger partial charge in [0.1, 0.15) is 0 Å². The maximum Gasteiger partial charge on any atom is 0.309 e. The van der Waals surface area contributed by atoms with Crippen LogP contribution in [0.3, 0.4) is 0 Å². The Hall–Kier alpha value is -3.72. The second-order valence-corrected chi connectivity index (χ2v) is 7.86. The largest absolute Gasteiger partial charge is 0.481 e. The van der Waals surface area contributed by atoms with Crippen LogP contribution in [-0.2, 0) is 30.3 Å². The molecule has 31 heavy (non-hydrogen) atoms. The lowest BCUT2D eigenvalue weighted by molar-refractivity contribution is -0.172. The standard InChI is InChI=1S/C22H19NO8/c24-17(25)13-15(19(28)29)22(12-9-5-2-6-10-12)16(20(30)31)14(18(26)27)21(13,23-22)11-7-3-1-4-8-11/h1-10,13-16,23H,(H,24,25)(H,26,27)(H,28,29)(H,30,31)/t13-,14-,15-,16+,21?,22?/m0/s1. The minimum absolute atomic E-state index is 0.211. The van der Waals surface area contributed by atoms with Crippen LogP contribution in [0, 0.1) is 23.7 Å². The highest BCUT2D eigenvalue weighted by Gasteiger charge is 2.81. The van der Waals surface area contributed by atoms with Gasteiger partial charge in [-0.3, -0.25) is 24.5 Å². The van der Waals surface area contributed by atoms with Gasteiger partial charge in [-0.15, -0.1) is 0 Å². The number of hydrogen-bond donors (Lipinski definition) is 5.